The number of amides is 2. The predicted octanol–water partition coefficient (Wildman–Crippen LogP) is 1.50. The van der Waals surface area contributed by atoms with Crippen LogP contribution in [0.4, 0.5) is 0 Å². The smallest absolute Gasteiger partial charge is 0.245 e. The largest absolute Gasteiger partial charge is 0.343 e. The molecule has 1 aliphatic heterocycles. The van der Waals surface area contributed by atoms with Crippen LogP contribution in [-0.4, -0.2) is 47.4 Å². The van der Waals surface area contributed by atoms with E-state index in [1.165, 1.54) is 0 Å². The van der Waals surface area contributed by atoms with Gasteiger partial charge in [-0.1, -0.05) is 13.8 Å². The first-order chi connectivity index (χ1) is 8.47. The maximum atomic E-state index is 12.3. The van der Waals surface area contributed by atoms with E-state index in [1.54, 1.807) is 23.6 Å². The Balaban J connectivity index is 2.66. The lowest BCUT2D eigenvalue weighted by Gasteiger charge is -2.38. The molecule has 104 valence electrons. The van der Waals surface area contributed by atoms with Crippen LogP contribution in [0.25, 0.3) is 0 Å². The second kappa shape index (κ2) is 7.02. The summed E-state index contributed by atoms with van der Waals surface area (Å²) in [5.41, 5.74) is 0. The first-order valence-corrected chi connectivity index (χ1v) is 7.96. The molecule has 1 aliphatic rings. The standard InChI is InChI=1S/C13H24N2O2S/c1-9(2)8-11-13(17)15(6-5-7-18-4)10(3)12(16)14-11/h9-11H,5-8H2,1-4H3,(H,14,16). The maximum absolute atomic E-state index is 12.3. The van der Waals surface area contributed by atoms with E-state index in [4.69, 9.17) is 0 Å². The van der Waals surface area contributed by atoms with Crippen LogP contribution in [0.5, 0.6) is 0 Å². The van der Waals surface area contributed by atoms with Gasteiger partial charge in [0.15, 0.2) is 0 Å². The molecule has 18 heavy (non-hydrogen) atoms. The first kappa shape index (κ1) is 15.3. The molecule has 2 atom stereocenters. The summed E-state index contributed by atoms with van der Waals surface area (Å²) in [4.78, 5) is 25.9. The zero-order valence-corrected chi connectivity index (χ0v) is 12.5. The second-order valence-corrected chi connectivity index (χ2v) is 6.23. The van der Waals surface area contributed by atoms with Gasteiger partial charge >= 0.3 is 0 Å². The number of carbonyl (C=O) groups excluding carboxylic acids is 2. The molecule has 5 heteroatoms. The molecular formula is C13H24N2O2S. The Morgan fingerprint density at radius 3 is 2.61 bits per heavy atom. The first-order valence-electron chi connectivity index (χ1n) is 6.57. The van der Waals surface area contributed by atoms with Crippen LogP contribution < -0.4 is 5.32 Å². The minimum Gasteiger partial charge on any atom is -0.343 e. The van der Waals surface area contributed by atoms with Crippen molar-refractivity contribution in [3.8, 4) is 0 Å². The van der Waals surface area contributed by atoms with Crippen LogP contribution >= 0.6 is 11.8 Å². The van der Waals surface area contributed by atoms with Crippen molar-refractivity contribution in [2.24, 2.45) is 5.92 Å². The van der Waals surface area contributed by atoms with E-state index < -0.39 is 0 Å². The summed E-state index contributed by atoms with van der Waals surface area (Å²) in [5.74, 6) is 1.48. The predicted molar refractivity (Wildman–Crippen MR) is 75.6 cm³/mol. The van der Waals surface area contributed by atoms with Crippen molar-refractivity contribution < 1.29 is 9.59 Å². The Morgan fingerprint density at radius 2 is 2.06 bits per heavy atom. The Morgan fingerprint density at radius 1 is 1.39 bits per heavy atom. The van der Waals surface area contributed by atoms with Crippen molar-refractivity contribution in [2.75, 3.05) is 18.6 Å². The highest BCUT2D eigenvalue weighted by Crippen LogP contribution is 2.16. The lowest BCUT2D eigenvalue weighted by molar-refractivity contribution is -0.149. The molecule has 0 aliphatic carbocycles. The molecule has 1 saturated heterocycles. The Labute approximate surface area is 114 Å². The molecule has 0 aromatic rings. The molecule has 0 bridgehead atoms. The molecule has 1 N–H and O–H groups in total. The minimum atomic E-state index is -0.331. The van der Waals surface area contributed by atoms with Crippen LogP contribution in [0.3, 0.4) is 0 Å². The van der Waals surface area contributed by atoms with Crippen LogP contribution in [0.15, 0.2) is 0 Å². The van der Waals surface area contributed by atoms with Crippen LogP contribution in [0.1, 0.15) is 33.6 Å². The zero-order valence-electron chi connectivity index (χ0n) is 11.7. The van der Waals surface area contributed by atoms with Gasteiger partial charge in [0.05, 0.1) is 0 Å². The number of thioether (sulfide) groups is 1. The summed E-state index contributed by atoms with van der Waals surface area (Å²) in [6.07, 6.45) is 3.71. The van der Waals surface area contributed by atoms with E-state index in [0.29, 0.717) is 12.5 Å². The second-order valence-electron chi connectivity index (χ2n) is 5.24. The molecule has 0 saturated carbocycles. The van der Waals surface area contributed by atoms with Gasteiger partial charge in [0.25, 0.3) is 0 Å². The van der Waals surface area contributed by atoms with Gasteiger partial charge in [-0.25, -0.2) is 0 Å². The zero-order chi connectivity index (χ0) is 13.7. The van der Waals surface area contributed by atoms with Gasteiger partial charge in [0, 0.05) is 6.54 Å². The number of carbonyl (C=O) groups is 2. The Hall–Kier alpha value is -0.710. The minimum absolute atomic E-state index is 0.0237. The van der Waals surface area contributed by atoms with Crippen LogP contribution in [-0.2, 0) is 9.59 Å². The average molecular weight is 272 g/mol. The van der Waals surface area contributed by atoms with E-state index in [0.717, 1.165) is 18.6 Å². The lowest BCUT2D eigenvalue weighted by atomic mass is 9.99. The van der Waals surface area contributed by atoms with Crippen molar-refractivity contribution in [3.05, 3.63) is 0 Å². The average Bonchev–Trinajstić information content (AvgIpc) is 2.30. The summed E-state index contributed by atoms with van der Waals surface area (Å²) in [5, 5.41) is 2.83. The van der Waals surface area contributed by atoms with Crippen LogP contribution in [0.2, 0.25) is 0 Å². The number of piperazine rings is 1. The quantitative estimate of drug-likeness (QED) is 0.746. The highest BCUT2D eigenvalue weighted by atomic mass is 32.2. The van der Waals surface area contributed by atoms with Crippen molar-refractivity contribution in [3.63, 3.8) is 0 Å². The fourth-order valence-electron chi connectivity index (χ4n) is 2.20. The van der Waals surface area contributed by atoms with Gasteiger partial charge in [0.1, 0.15) is 12.1 Å². The van der Waals surface area contributed by atoms with Crippen molar-refractivity contribution >= 4 is 23.6 Å². The molecule has 2 amide bonds. The molecule has 2 unspecified atom stereocenters. The fraction of sp³-hybridized carbons (Fsp3) is 0.846. The SMILES string of the molecule is CSCCCN1C(=O)C(CC(C)C)NC(=O)C1C. The van der Waals surface area contributed by atoms with E-state index in [2.05, 4.69) is 25.4 Å². The number of hydrogen-bond donors (Lipinski definition) is 1. The molecule has 0 aromatic carbocycles. The van der Waals surface area contributed by atoms with E-state index >= 15 is 0 Å². The Bertz CT molecular complexity index is 307. The van der Waals surface area contributed by atoms with Gasteiger partial charge in [0.2, 0.25) is 11.8 Å². The molecule has 1 heterocycles. The van der Waals surface area contributed by atoms with Gasteiger partial charge in [-0.2, -0.15) is 11.8 Å². The normalized spacial score (nSPS) is 24.6. The van der Waals surface area contributed by atoms with E-state index in [9.17, 15) is 9.59 Å². The topological polar surface area (TPSA) is 49.4 Å². The van der Waals surface area contributed by atoms with E-state index in [-0.39, 0.29) is 23.9 Å². The van der Waals surface area contributed by atoms with Crippen molar-refractivity contribution in [1.82, 2.24) is 10.2 Å². The summed E-state index contributed by atoms with van der Waals surface area (Å²) >= 11 is 1.77. The van der Waals surface area contributed by atoms with Gasteiger partial charge < -0.3 is 10.2 Å². The number of rotatable bonds is 6. The highest BCUT2D eigenvalue weighted by Gasteiger charge is 2.37. The fourth-order valence-corrected chi connectivity index (χ4v) is 2.62. The van der Waals surface area contributed by atoms with Crippen molar-refractivity contribution in [1.29, 1.82) is 0 Å². The third-order valence-electron chi connectivity index (χ3n) is 3.20. The number of nitrogens with zero attached hydrogens (tertiary/aromatic N) is 1. The summed E-state index contributed by atoms with van der Waals surface area (Å²) in [7, 11) is 0. The Kier molecular flexibility index (Phi) is 5.99. The highest BCUT2D eigenvalue weighted by molar-refractivity contribution is 7.98. The third kappa shape index (κ3) is 3.90. The summed E-state index contributed by atoms with van der Waals surface area (Å²) in [6.45, 7) is 6.62. The molecule has 4 nitrogen and oxygen atoms in total. The van der Waals surface area contributed by atoms with Crippen LogP contribution in [0, 0.1) is 5.92 Å². The molecular weight excluding hydrogens is 248 g/mol. The third-order valence-corrected chi connectivity index (χ3v) is 3.90. The lowest BCUT2D eigenvalue weighted by Crippen LogP contribution is -2.62. The molecule has 0 aromatic heterocycles. The molecule has 1 fully saturated rings. The van der Waals surface area contributed by atoms with Gasteiger partial charge in [-0.05, 0) is 37.7 Å². The summed E-state index contributed by atoms with van der Waals surface area (Å²) in [6, 6.07) is -0.661. The van der Waals surface area contributed by atoms with Gasteiger partial charge in [-0.15, -0.1) is 0 Å². The summed E-state index contributed by atoms with van der Waals surface area (Å²) < 4.78 is 0. The van der Waals surface area contributed by atoms with Gasteiger partial charge in [-0.3, -0.25) is 9.59 Å². The molecule has 0 spiro atoms. The molecule has 0 radical (unpaired) electrons. The number of nitrogens with one attached hydrogen (secondary N) is 1. The van der Waals surface area contributed by atoms with E-state index in [1.807, 2.05) is 0 Å². The molecule has 1 rings (SSSR count). The monoisotopic (exact) mass is 272 g/mol. The maximum Gasteiger partial charge on any atom is 0.245 e. The number of hydrogen-bond acceptors (Lipinski definition) is 3. The van der Waals surface area contributed by atoms with Crippen molar-refractivity contribution in [2.45, 2.75) is 45.7 Å².